The Morgan fingerprint density at radius 2 is 1.61 bits per heavy atom. The Balaban J connectivity index is 1.30. The van der Waals surface area contributed by atoms with Crippen LogP contribution >= 0.6 is 0 Å². The molecule has 1 aromatic heterocycles. The summed E-state index contributed by atoms with van der Waals surface area (Å²) < 4.78 is 0. The number of hydrogen-bond acceptors (Lipinski definition) is 7. The summed E-state index contributed by atoms with van der Waals surface area (Å²) in [7, 11) is 2.14. The van der Waals surface area contributed by atoms with E-state index in [1.807, 2.05) is 11.0 Å². The normalized spacial score (nSPS) is 19.4. The summed E-state index contributed by atoms with van der Waals surface area (Å²) in [6.45, 7) is 7.21. The Labute approximate surface area is 195 Å². The Kier molecular flexibility index (Phi) is 6.22. The molecule has 33 heavy (non-hydrogen) atoms. The van der Waals surface area contributed by atoms with E-state index in [-0.39, 0.29) is 6.03 Å². The van der Waals surface area contributed by atoms with Crippen LogP contribution in [0, 0.1) is 0 Å². The Hall–Kier alpha value is -3.07. The number of carbonyl (C=O) groups is 1. The molecule has 2 saturated heterocycles. The van der Waals surface area contributed by atoms with E-state index in [9.17, 15) is 4.79 Å². The largest absolute Gasteiger partial charge is 0.368 e. The third-order valence-electron chi connectivity index (χ3n) is 6.98. The molecule has 4 heterocycles. The molecule has 0 bridgehead atoms. The number of aromatic nitrogens is 2. The second-order valence-electron chi connectivity index (χ2n) is 9.37. The second kappa shape index (κ2) is 9.43. The van der Waals surface area contributed by atoms with E-state index in [2.05, 4.69) is 55.2 Å². The van der Waals surface area contributed by atoms with Crippen molar-refractivity contribution < 1.29 is 4.79 Å². The van der Waals surface area contributed by atoms with Crippen molar-refractivity contribution in [2.45, 2.75) is 32.2 Å². The average molecular weight is 451 g/mol. The summed E-state index contributed by atoms with van der Waals surface area (Å²) in [5.74, 6) is 2.08. The van der Waals surface area contributed by atoms with Crippen LogP contribution in [0.4, 0.5) is 28.1 Å². The van der Waals surface area contributed by atoms with Crippen LogP contribution in [0.5, 0.6) is 0 Å². The summed E-state index contributed by atoms with van der Waals surface area (Å²) >= 11 is 0. The first-order valence-electron chi connectivity index (χ1n) is 12.1. The van der Waals surface area contributed by atoms with Gasteiger partial charge in [-0.3, -0.25) is 0 Å². The zero-order valence-electron chi connectivity index (χ0n) is 19.5. The molecular formula is C24H34N8O. The number of piperidine rings is 1. The Bertz CT molecular complexity index is 998. The number of likely N-dealkylation sites (tertiary alicyclic amines) is 1. The number of nitrogens with two attached hydrogens (primary N) is 1. The fourth-order valence-corrected chi connectivity index (χ4v) is 4.93. The monoisotopic (exact) mass is 450 g/mol. The fraction of sp³-hybridized carbons (Fsp3) is 0.542. The maximum absolute atomic E-state index is 12.6. The summed E-state index contributed by atoms with van der Waals surface area (Å²) in [6.07, 6.45) is 4.32. The summed E-state index contributed by atoms with van der Waals surface area (Å²) in [6, 6.07) is 8.33. The van der Waals surface area contributed by atoms with E-state index in [0.29, 0.717) is 5.95 Å². The predicted octanol–water partition coefficient (Wildman–Crippen LogP) is 2.39. The van der Waals surface area contributed by atoms with Crippen LogP contribution in [0.25, 0.3) is 0 Å². The van der Waals surface area contributed by atoms with Crippen LogP contribution in [0.2, 0.25) is 0 Å². The molecule has 3 aliphatic rings. The van der Waals surface area contributed by atoms with E-state index in [1.165, 1.54) is 17.5 Å². The van der Waals surface area contributed by atoms with Gasteiger partial charge >= 0.3 is 6.03 Å². The Morgan fingerprint density at radius 1 is 0.879 bits per heavy atom. The van der Waals surface area contributed by atoms with Crippen molar-refractivity contribution >= 4 is 29.3 Å². The molecule has 3 N–H and O–H groups in total. The van der Waals surface area contributed by atoms with Crippen molar-refractivity contribution in [2.24, 2.45) is 0 Å². The number of nitrogen functional groups attached to an aromatic ring is 1. The first kappa shape index (κ1) is 21.8. The van der Waals surface area contributed by atoms with Crippen LogP contribution in [-0.4, -0.2) is 78.7 Å². The number of benzene rings is 1. The summed E-state index contributed by atoms with van der Waals surface area (Å²) in [4.78, 5) is 30.5. The lowest BCUT2D eigenvalue weighted by atomic mass is 9.99. The minimum atomic E-state index is 0.00251. The highest BCUT2D eigenvalue weighted by atomic mass is 16.2. The third kappa shape index (κ3) is 4.98. The van der Waals surface area contributed by atoms with Crippen molar-refractivity contribution in [3.63, 3.8) is 0 Å². The Morgan fingerprint density at radius 3 is 2.36 bits per heavy atom. The summed E-state index contributed by atoms with van der Waals surface area (Å²) in [5.41, 5.74) is 9.50. The number of urea groups is 1. The molecule has 2 fully saturated rings. The van der Waals surface area contributed by atoms with Gasteiger partial charge < -0.3 is 30.7 Å². The highest BCUT2D eigenvalue weighted by Gasteiger charge is 2.22. The molecule has 0 aliphatic carbocycles. The number of likely N-dealkylation sites (N-methyl/N-ethyl adjacent to an activating group) is 1. The molecule has 5 rings (SSSR count). The van der Waals surface area contributed by atoms with E-state index >= 15 is 0 Å². The molecule has 0 saturated carbocycles. The first-order valence-corrected chi connectivity index (χ1v) is 12.1. The quantitative estimate of drug-likeness (QED) is 0.742. The standard InChI is InChI=1S/C24H34N8O/c1-29-11-13-30(14-12-29)21-16-22(28-23(25)27-21)32-10-7-18-5-6-20(15-19(18)17-32)26-24(33)31-8-3-2-4-9-31/h5-6,15-16H,2-4,7-14,17H2,1H3,(H,26,33)(H2,25,27,28). The lowest BCUT2D eigenvalue weighted by molar-refractivity contribution is 0.200. The minimum absolute atomic E-state index is 0.00251. The molecule has 0 spiro atoms. The van der Waals surface area contributed by atoms with Gasteiger partial charge in [0, 0.05) is 64.1 Å². The molecule has 9 heteroatoms. The van der Waals surface area contributed by atoms with Gasteiger partial charge in [0.15, 0.2) is 0 Å². The molecular weight excluding hydrogens is 416 g/mol. The zero-order chi connectivity index (χ0) is 22.8. The van der Waals surface area contributed by atoms with Crippen LogP contribution in [-0.2, 0) is 13.0 Å². The van der Waals surface area contributed by atoms with Crippen molar-refractivity contribution in [1.29, 1.82) is 0 Å². The molecule has 2 aromatic rings. The van der Waals surface area contributed by atoms with Gasteiger partial charge in [-0.1, -0.05) is 6.07 Å². The fourth-order valence-electron chi connectivity index (χ4n) is 4.93. The van der Waals surface area contributed by atoms with Crippen molar-refractivity contribution in [1.82, 2.24) is 19.8 Å². The average Bonchev–Trinajstić information content (AvgIpc) is 2.84. The van der Waals surface area contributed by atoms with Crippen LogP contribution in [0.15, 0.2) is 24.3 Å². The lowest BCUT2D eigenvalue weighted by Gasteiger charge is -2.34. The minimum Gasteiger partial charge on any atom is -0.368 e. The van der Waals surface area contributed by atoms with Gasteiger partial charge in [0.1, 0.15) is 11.6 Å². The van der Waals surface area contributed by atoms with E-state index in [4.69, 9.17) is 5.73 Å². The van der Waals surface area contributed by atoms with Crippen LogP contribution in [0.3, 0.4) is 0 Å². The van der Waals surface area contributed by atoms with Gasteiger partial charge in [0.2, 0.25) is 5.95 Å². The molecule has 0 atom stereocenters. The number of nitrogens with zero attached hydrogens (tertiary/aromatic N) is 6. The maximum Gasteiger partial charge on any atom is 0.321 e. The number of amides is 2. The maximum atomic E-state index is 12.6. The zero-order valence-corrected chi connectivity index (χ0v) is 19.5. The van der Waals surface area contributed by atoms with Crippen molar-refractivity contribution in [3.05, 3.63) is 35.4 Å². The number of hydrogen-bond donors (Lipinski definition) is 2. The third-order valence-corrected chi connectivity index (χ3v) is 6.98. The summed E-state index contributed by atoms with van der Waals surface area (Å²) in [5, 5.41) is 3.09. The second-order valence-corrected chi connectivity index (χ2v) is 9.37. The van der Waals surface area contributed by atoms with Crippen molar-refractivity contribution in [2.75, 3.05) is 73.7 Å². The number of carbonyl (C=O) groups excluding carboxylic acids is 1. The van der Waals surface area contributed by atoms with Gasteiger partial charge in [0.05, 0.1) is 0 Å². The van der Waals surface area contributed by atoms with E-state index in [1.54, 1.807) is 0 Å². The first-order chi connectivity index (χ1) is 16.0. The van der Waals surface area contributed by atoms with Gasteiger partial charge in [-0.15, -0.1) is 0 Å². The van der Waals surface area contributed by atoms with E-state index in [0.717, 1.165) is 88.9 Å². The predicted molar refractivity (Wildman–Crippen MR) is 132 cm³/mol. The molecule has 0 radical (unpaired) electrons. The molecule has 0 unspecified atom stereocenters. The lowest BCUT2D eigenvalue weighted by Crippen LogP contribution is -2.45. The van der Waals surface area contributed by atoms with Gasteiger partial charge in [0.25, 0.3) is 0 Å². The highest BCUT2D eigenvalue weighted by Crippen LogP contribution is 2.28. The highest BCUT2D eigenvalue weighted by molar-refractivity contribution is 5.89. The number of anilines is 4. The molecule has 3 aliphatic heterocycles. The SMILES string of the molecule is CN1CCN(c2cc(N3CCc4ccc(NC(=O)N5CCCCC5)cc4C3)nc(N)n2)CC1. The topological polar surface area (TPSA) is 93.9 Å². The number of fused-ring (bicyclic) bond motifs is 1. The van der Waals surface area contributed by atoms with Crippen molar-refractivity contribution in [3.8, 4) is 0 Å². The molecule has 176 valence electrons. The number of nitrogens with one attached hydrogen (secondary N) is 1. The van der Waals surface area contributed by atoms with Gasteiger partial charge in [-0.05, 0) is 56.0 Å². The molecule has 9 nitrogen and oxygen atoms in total. The smallest absolute Gasteiger partial charge is 0.321 e. The molecule has 2 amide bonds. The molecule has 1 aromatic carbocycles. The van der Waals surface area contributed by atoms with Gasteiger partial charge in [-0.2, -0.15) is 9.97 Å². The number of rotatable bonds is 3. The van der Waals surface area contributed by atoms with Crippen LogP contribution in [0.1, 0.15) is 30.4 Å². The number of piperazine rings is 1. The van der Waals surface area contributed by atoms with E-state index < -0.39 is 0 Å². The van der Waals surface area contributed by atoms with Gasteiger partial charge in [-0.25, -0.2) is 4.79 Å². The van der Waals surface area contributed by atoms with Crippen LogP contribution < -0.4 is 20.9 Å².